The summed E-state index contributed by atoms with van der Waals surface area (Å²) in [6, 6.07) is 16.0. The molecule has 0 atom stereocenters. The van der Waals surface area contributed by atoms with Gasteiger partial charge in [-0.3, -0.25) is 0 Å². The number of nitrogens with one attached hydrogen (secondary N) is 1. The summed E-state index contributed by atoms with van der Waals surface area (Å²) in [6.07, 6.45) is 0. The van der Waals surface area contributed by atoms with Gasteiger partial charge in [0, 0.05) is 30.4 Å². The molecule has 1 N–H and O–H groups in total. The summed E-state index contributed by atoms with van der Waals surface area (Å²) in [5, 5.41) is 11.7. The molecule has 1 fully saturated rings. The number of morpholine rings is 1. The summed E-state index contributed by atoms with van der Waals surface area (Å²) in [5.74, 6) is 1.56. The van der Waals surface area contributed by atoms with Gasteiger partial charge in [0.1, 0.15) is 16.4 Å². The first-order valence-corrected chi connectivity index (χ1v) is 11.5. The van der Waals surface area contributed by atoms with Crippen LogP contribution in [-0.4, -0.2) is 63.4 Å². The largest absolute Gasteiger partial charge is 0.497 e. The second-order valence-electron chi connectivity index (χ2n) is 7.04. The normalized spacial score (nSPS) is 14.7. The molecule has 1 aromatic heterocycles. The van der Waals surface area contributed by atoms with Crippen molar-refractivity contribution < 1.29 is 22.6 Å². The van der Waals surface area contributed by atoms with Crippen LogP contribution in [0.3, 0.4) is 0 Å². The molecule has 2 heterocycles. The number of nitrogens with zero attached hydrogens (tertiary/aromatic N) is 3. The predicted octanol–water partition coefficient (Wildman–Crippen LogP) is 2.93. The molecule has 32 heavy (non-hydrogen) atoms. The zero-order valence-electron chi connectivity index (χ0n) is 17.8. The van der Waals surface area contributed by atoms with Crippen molar-refractivity contribution in [2.75, 3.05) is 45.8 Å². The van der Waals surface area contributed by atoms with Crippen LogP contribution in [0.1, 0.15) is 0 Å². The number of hydrogen-bond acceptors (Lipinski definition) is 8. The molecule has 4 rings (SSSR count). The van der Waals surface area contributed by atoms with Gasteiger partial charge in [0.25, 0.3) is 0 Å². The molecule has 0 spiro atoms. The topological polar surface area (TPSA) is 103 Å². The molecule has 2 aromatic carbocycles. The van der Waals surface area contributed by atoms with Crippen molar-refractivity contribution in [3.63, 3.8) is 0 Å². The van der Waals surface area contributed by atoms with Crippen LogP contribution in [0.5, 0.6) is 11.5 Å². The highest BCUT2D eigenvalue weighted by molar-refractivity contribution is 7.89. The van der Waals surface area contributed by atoms with E-state index in [0.29, 0.717) is 43.4 Å². The molecule has 1 saturated heterocycles. The zero-order chi connectivity index (χ0) is 22.6. The van der Waals surface area contributed by atoms with Crippen molar-refractivity contribution in [2.45, 2.75) is 4.90 Å². The quantitative estimate of drug-likeness (QED) is 0.579. The van der Waals surface area contributed by atoms with Gasteiger partial charge >= 0.3 is 0 Å². The van der Waals surface area contributed by atoms with E-state index in [0.717, 1.165) is 11.4 Å². The SMILES string of the molecule is COc1cccc(Nc2ccc(-c3ccc(OC)c(S(=O)(=O)N4CCOCC4)c3)nn2)c1. The summed E-state index contributed by atoms with van der Waals surface area (Å²) >= 11 is 0. The van der Waals surface area contributed by atoms with Gasteiger partial charge in [-0.15, -0.1) is 10.2 Å². The lowest BCUT2D eigenvalue weighted by molar-refractivity contribution is 0.0729. The van der Waals surface area contributed by atoms with Crippen LogP contribution in [0.2, 0.25) is 0 Å². The molecule has 3 aromatic rings. The fourth-order valence-corrected chi connectivity index (χ4v) is 4.95. The minimum Gasteiger partial charge on any atom is -0.497 e. The van der Waals surface area contributed by atoms with E-state index in [4.69, 9.17) is 14.2 Å². The summed E-state index contributed by atoms with van der Waals surface area (Å²) in [4.78, 5) is 0.0970. The standard InChI is InChI=1S/C22H24N4O5S/c1-29-18-5-3-4-17(15-18)23-22-9-7-19(24-25-22)16-6-8-20(30-2)21(14-16)32(27,28)26-10-12-31-13-11-26/h3-9,14-15H,10-13H2,1-2H3,(H,23,25). The fraction of sp³-hybridized carbons (Fsp3) is 0.273. The first-order valence-electron chi connectivity index (χ1n) is 10.0. The van der Waals surface area contributed by atoms with Crippen LogP contribution < -0.4 is 14.8 Å². The number of sulfonamides is 1. The number of anilines is 2. The molecule has 168 valence electrons. The molecule has 0 unspecified atom stereocenters. The van der Waals surface area contributed by atoms with Gasteiger partial charge in [-0.05, 0) is 42.5 Å². The monoisotopic (exact) mass is 456 g/mol. The van der Waals surface area contributed by atoms with E-state index in [9.17, 15) is 8.42 Å². The second kappa shape index (κ2) is 9.51. The Hall–Kier alpha value is -3.21. The fourth-order valence-electron chi connectivity index (χ4n) is 3.37. The van der Waals surface area contributed by atoms with Crippen LogP contribution in [0.25, 0.3) is 11.3 Å². The van der Waals surface area contributed by atoms with Gasteiger partial charge < -0.3 is 19.5 Å². The Bertz CT molecular complexity index is 1180. The number of rotatable bonds is 7. The van der Waals surface area contributed by atoms with Crippen molar-refractivity contribution >= 4 is 21.5 Å². The molecule has 0 amide bonds. The highest BCUT2D eigenvalue weighted by Crippen LogP contribution is 2.32. The molecule has 9 nitrogen and oxygen atoms in total. The minimum absolute atomic E-state index is 0.0970. The number of aromatic nitrogens is 2. The highest BCUT2D eigenvalue weighted by atomic mass is 32.2. The number of methoxy groups -OCH3 is 2. The Kier molecular flexibility index (Phi) is 6.54. The molecular weight excluding hydrogens is 432 g/mol. The van der Waals surface area contributed by atoms with Gasteiger partial charge in [-0.2, -0.15) is 4.31 Å². The highest BCUT2D eigenvalue weighted by Gasteiger charge is 2.29. The van der Waals surface area contributed by atoms with Gasteiger partial charge in [0.05, 0.1) is 33.1 Å². The first-order chi connectivity index (χ1) is 15.5. The van der Waals surface area contributed by atoms with Crippen molar-refractivity contribution in [3.05, 3.63) is 54.6 Å². The molecule has 0 aliphatic carbocycles. The number of hydrogen-bond donors (Lipinski definition) is 1. The molecule has 0 radical (unpaired) electrons. The maximum absolute atomic E-state index is 13.2. The van der Waals surface area contributed by atoms with E-state index >= 15 is 0 Å². The van der Waals surface area contributed by atoms with E-state index < -0.39 is 10.0 Å². The molecular formula is C22H24N4O5S. The van der Waals surface area contributed by atoms with E-state index in [1.807, 2.05) is 24.3 Å². The lowest BCUT2D eigenvalue weighted by Crippen LogP contribution is -2.40. The van der Waals surface area contributed by atoms with Gasteiger partial charge in [-0.25, -0.2) is 8.42 Å². The molecule has 10 heteroatoms. The minimum atomic E-state index is -3.73. The summed E-state index contributed by atoms with van der Waals surface area (Å²) in [5.41, 5.74) is 1.98. The van der Waals surface area contributed by atoms with Crippen molar-refractivity contribution in [1.82, 2.24) is 14.5 Å². The van der Waals surface area contributed by atoms with Crippen molar-refractivity contribution in [1.29, 1.82) is 0 Å². The first kappa shape index (κ1) is 22.0. The third kappa shape index (κ3) is 4.67. The second-order valence-corrected chi connectivity index (χ2v) is 8.95. The van der Waals surface area contributed by atoms with E-state index in [2.05, 4.69) is 15.5 Å². The van der Waals surface area contributed by atoms with Crippen LogP contribution in [0, 0.1) is 0 Å². The van der Waals surface area contributed by atoms with E-state index in [-0.39, 0.29) is 10.6 Å². The Balaban J connectivity index is 1.60. The van der Waals surface area contributed by atoms with Crippen LogP contribution in [0.15, 0.2) is 59.5 Å². The Labute approximate surface area is 187 Å². The molecule has 1 aliphatic rings. The van der Waals surface area contributed by atoms with Crippen molar-refractivity contribution in [2.24, 2.45) is 0 Å². The number of ether oxygens (including phenoxy) is 3. The maximum atomic E-state index is 13.2. The average Bonchev–Trinajstić information content (AvgIpc) is 2.85. The van der Waals surface area contributed by atoms with Crippen LogP contribution in [0.4, 0.5) is 11.5 Å². The van der Waals surface area contributed by atoms with E-state index in [1.54, 1.807) is 37.4 Å². The predicted molar refractivity (Wildman–Crippen MR) is 120 cm³/mol. The average molecular weight is 457 g/mol. The Morgan fingerprint density at radius 3 is 2.47 bits per heavy atom. The molecule has 0 saturated carbocycles. The molecule has 1 aliphatic heterocycles. The summed E-state index contributed by atoms with van der Waals surface area (Å²) < 4.78 is 43.6. The maximum Gasteiger partial charge on any atom is 0.246 e. The van der Waals surface area contributed by atoms with Crippen LogP contribution in [-0.2, 0) is 14.8 Å². The van der Waals surface area contributed by atoms with E-state index in [1.165, 1.54) is 11.4 Å². The van der Waals surface area contributed by atoms with Gasteiger partial charge in [0.2, 0.25) is 10.0 Å². The van der Waals surface area contributed by atoms with Crippen LogP contribution >= 0.6 is 0 Å². The smallest absolute Gasteiger partial charge is 0.246 e. The number of benzene rings is 2. The molecule has 0 bridgehead atoms. The lowest BCUT2D eigenvalue weighted by atomic mass is 10.1. The van der Waals surface area contributed by atoms with Crippen molar-refractivity contribution in [3.8, 4) is 22.8 Å². The van der Waals surface area contributed by atoms with Gasteiger partial charge in [0.15, 0.2) is 5.82 Å². The third-order valence-corrected chi connectivity index (χ3v) is 6.97. The van der Waals surface area contributed by atoms with Gasteiger partial charge in [-0.1, -0.05) is 6.07 Å². The summed E-state index contributed by atoms with van der Waals surface area (Å²) in [6.45, 7) is 1.35. The zero-order valence-corrected chi connectivity index (χ0v) is 18.6. The Morgan fingerprint density at radius 1 is 0.969 bits per heavy atom. The third-order valence-electron chi connectivity index (χ3n) is 5.05. The lowest BCUT2D eigenvalue weighted by Gasteiger charge is -2.26. The Morgan fingerprint density at radius 2 is 1.78 bits per heavy atom. The summed E-state index contributed by atoms with van der Waals surface area (Å²) in [7, 11) is -0.677.